The Morgan fingerprint density at radius 2 is 2.00 bits per heavy atom. The average Bonchev–Trinajstić information content (AvgIpc) is 2.30. The highest BCUT2D eigenvalue weighted by Crippen LogP contribution is 2.37. The zero-order chi connectivity index (χ0) is 12.3. The van der Waals surface area contributed by atoms with E-state index in [0.29, 0.717) is 5.02 Å². The summed E-state index contributed by atoms with van der Waals surface area (Å²) >= 11 is 5.86. The Labute approximate surface area is 106 Å². The summed E-state index contributed by atoms with van der Waals surface area (Å²) in [6, 6.07) is 7.72. The Morgan fingerprint density at radius 3 is 2.65 bits per heavy atom. The van der Waals surface area contributed by atoms with E-state index in [9.17, 15) is 4.79 Å². The Kier molecular flexibility index (Phi) is 3.85. The van der Waals surface area contributed by atoms with Gasteiger partial charge in [-0.15, -0.1) is 0 Å². The van der Waals surface area contributed by atoms with Crippen LogP contribution in [0.25, 0.3) is 0 Å². The number of allylic oxidation sites excluding steroid dienone is 1. The van der Waals surface area contributed by atoms with Crippen molar-refractivity contribution in [2.75, 3.05) is 0 Å². The van der Waals surface area contributed by atoms with Crippen molar-refractivity contribution in [1.82, 2.24) is 0 Å². The summed E-state index contributed by atoms with van der Waals surface area (Å²) in [4.78, 5) is 10.8. The molecule has 1 saturated carbocycles. The molecule has 0 spiro atoms. The molecule has 0 saturated heterocycles. The SMILES string of the molecule is O=C(O)/C=C1\CCCCC1c1ccc(Cl)cc1. The first-order valence-corrected chi connectivity index (χ1v) is 6.23. The fourth-order valence-corrected chi connectivity index (χ4v) is 2.57. The van der Waals surface area contributed by atoms with Crippen LogP contribution in [0.5, 0.6) is 0 Å². The third-order valence-electron chi connectivity index (χ3n) is 3.24. The van der Waals surface area contributed by atoms with Crippen LogP contribution >= 0.6 is 11.6 Å². The predicted molar refractivity (Wildman–Crippen MR) is 68.4 cm³/mol. The van der Waals surface area contributed by atoms with Gasteiger partial charge in [-0.25, -0.2) is 4.79 Å². The predicted octanol–water partition coefficient (Wildman–Crippen LogP) is 4.01. The molecule has 2 nitrogen and oxygen atoms in total. The molecule has 1 atom stereocenters. The van der Waals surface area contributed by atoms with Gasteiger partial charge in [-0.1, -0.05) is 35.7 Å². The molecule has 1 aromatic rings. The van der Waals surface area contributed by atoms with E-state index in [1.54, 1.807) is 0 Å². The first-order chi connectivity index (χ1) is 8.16. The highest BCUT2D eigenvalue weighted by atomic mass is 35.5. The maximum atomic E-state index is 10.8. The number of aliphatic carboxylic acids is 1. The summed E-state index contributed by atoms with van der Waals surface area (Å²) in [5.41, 5.74) is 2.20. The number of benzene rings is 1. The third kappa shape index (κ3) is 3.10. The van der Waals surface area contributed by atoms with Gasteiger partial charge >= 0.3 is 5.97 Å². The molecule has 1 aliphatic carbocycles. The maximum absolute atomic E-state index is 10.8. The molecule has 1 unspecified atom stereocenters. The van der Waals surface area contributed by atoms with Gasteiger partial charge in [0.1, 0.15) is 0 Å². The second-order valence-electron chi connectivity index (χ2n) is 4.41. The summed E-state index contributed by atoms with van der Waals surface area (Å²) in [5.74, 6) is -0.599. The van der Waals surface area contributed by atoms with E-state index in [0.717, 1.165) is 31.3 Å². The fraction of sp³-hybridized carbons (Fsp3) is 0.357. The molecule has 0 aromatic heterocycles. The number of carboxylic acid groups (broad SMARTS) is 1. The smallest absolute Gasteiger partial charge is 0.328 e. The quantitative estimate of drug-likeness (QED) is 0.806. The second kappa shape index (κ2) is 5.37. The van der Waals surface area contributed by atoms with E-state index in [4.69, 9.17) is 16.7 Å². The van der Waals surface area contributed by atoms with E-state index in [1.807, 2.05) is 24.3 Å². The molecular formula is C14H15ClO2. The molecule has 1 aliphatic rings. The summed E-state index contributed by atoms with van der Waals surface area (Å²) in [6.07, 6.45) is 5.53. The van der Waals surface area contributed by atoms with Crippen LogP contribution in [0.2, 0.25) is 5.02 Å². The van der Waals surface area contributed by atoms with Crippen molar-refractivity contribution in [3.05, 3.63) is 46.5 Å². The molecule has 0 radical (unpaired) electrons. The molecule has 0 amide bonds. The van der Waals surface area contributed by atoms with E-state index in [2.05, 4.69) is 0 Å². The Balaban J connectivity index is 2.27. The molecule has 90 valence electrons. The van der Waals surface area contributed by atoms with Crippen molar-refractivity contribution in [2.45, 2.75) is 31.6 Å². The molecule has 0 aliphatic heterocycles. The summed E-state index contributed by atoms with van der Waals surface area (Å²) in [7, 11) is 0. The molecule has 0 bridgehead atoms. The molecule has 17 heavy (non-hydrogen) atoms. The second-order valence-corrected chi connectivity index (χ2v) is 4.84. The van der Waals surface area contributed by atoms with Crippen molar-refractivity contribution in [3.8, 4) is 0 Å². The van der Waals surface area contributed by atoms with Crippen LogP contribution in [-0.4, -0.2) is 11.1 Å². The zero-order valence-corrected chi connectivity index (χ0v) is 10.3. The molecule has 0 heterocycles. The zero-order valence-electron chi connectivity index (χ0n) is 9.53. The van der Waals surface area contributed by atoms with Gasteiger partial charge in [0, 0.05) is 17.0 Å². The lowest BCUT2D eigenvalue weighted by molar-refractivity contribution is -0.131. The first-order valence-electron chi connectivity index (χ1n) is 5.85. The maximum Gasteiger partial charge on any atom is 0.328 e. The van der Waals surface area contributed by atoms with Crippen LogP contribution in [0, 0.1) is 0 Å². The van der Waals surface area contributed by atoms with Crippen molar-refractivity contribution in [2.24, 2.45) is 0 Å². The molecule has 3 heteroatoms. The van der Waals surface area contributed by atoms with Gasteiger partial charge in [-0.05, 0) is 37.0 Å². The summed E-state index contributed by atoms with van der Waals surface area (Å²) < 4.78 is 0. The van der Waals surface area contributed by atoms with Crippen molar-refractivity contribution >= 4 is 17.6 Å². The van der Waals surface area contributed by atoms with Gasteiger partial charge in [-0.3, -0.25) is 0 Å². The number of halogens is 1. The largest absolute Gasteiger partial charge is 0.478 e. The van der Waals surface area contributed by atoms with Gasteiger partial charge < -0.3 is 5.11 Å². The normalized spacial score (nSPS) is 22.6. The number of carbonyl (C=O) groups is 1. The van der Waals surface area contributed by atoms with Gasteiger partial charge in [0.25, 0.3) is 0 Å². The van der Waals surface area contributed by atoms with Crippen LogP contribution in [0.4, 0.5) is 0 Å². The van der Waals surface area contributed by atoms with Crippen LogP contribution in [0.3, 0.4) is 0 Å². The third-order valence-corrected chi connectivity index (χ3v) is 3.49. The van der Waals surface area contributed by atoms with Crippen molar-refractivity contribution in [1.29, 1.82) is 0 Å². The lowest BCUT2D eigenvalue weighted by atomic mass is 9.79. The fourth-order valence-electron chi connectivity index (χ4n) is 2.44. The van der Waals surface area contributed by atoms with Crippen molar-refractivity contribution in [3.63, 3.8) is 0 Å². The minimum Gasteiger partial charge on any atom is -0.478 e. The van der Waals surface area contributed by atoms with Crippen LogP contribution in [0.1, 0.15) is 37.2 Å². The van der Waals surface area contributed by atoms with Gasteiger partial charge in [0.15, 0.2) is 0 Å². The minimum absolute atomic E-state index is 0.247. The van der Waals surface area contributed by atoms with Gasteiger partial charge in [0.05, 0.1) is 0 Å². The van der Waals surface area contributed by atoms with Gasteiger partial charge in [-0.2, -0.15) is 0 Å². The van der Waals surface area contributed by atoms with E-state index >= 15 is 0 Å². The number of carboxylic acids is 1. The van der Waals surface area contributed by atoms with Gasteiger partial charge in [0.2, 0.25) is 0 Å². The topological polar surface area (TPSA) is 37.3 Å². The highest BCUT2D eigenvalue weighted by molar-refractivity contribution is 6.30. The molecule has 2 rings (SSSR count). The monoisotopic (exact) mass is 250 g/mol. The average molecular weight is 251 g/mol. The van der Waals surface area contributed by atoms with Crippen LogP contribution in [0.15, 0.2) is 35.9 Å². The number of hydrogen-bond donors (Lipinski definition) is 1. The van der Waals surface area contributed by atoms with Crippen LogP contribution < -0.4 is 0 Å². The highest BCUT2D eigenvalue weighted by Gasteiger charge is 2.21. The molecule has 1 N–H and O–H groups in total. The number of hydrogen-bond acceptors (Lipinski definition) is 1. The Bertz CT molecular complexity index is 434. The van der Waals surface area contributed by atoms with Crippen LogP contribution in [-0.2, 0) is 4.79 Å². The van der Waals surface area contributed by atoms with E-state index < -0.39 is 5.97 Å². The lowest BCUT2D eigenvalue weighted by Gasteiger charge is -2.25. The summed E-state index contributed by atoms with van der Waals surface area (Å²) in [6.45, 7) is 0. The number of rotatable bonds is 2. The Morgan fingerprint density at radius 1 is 1.29 bits per heavy atom. The molecule has 1 aromatic carbocycles. The minimum atomic E-state index is -0.846. The standard InChI is InChI=1S/C14H15ClO2/c15-12-7-5-10(6-8-12)13-4-2-1-3-11(13)9-14(16)17/h5-9,13H,1-4H2,(H,16,17)/b11-9+. The molecule has 1 fully saturated rings. The first kappa shape index (κ1) is 12.2. The van der Waals surface area contributed by atoms with E-state index in [1.165, 1.54) is 11.6 Å². The Hall–Kier alpha value is -1.28. The molecular weight excluding hydrogens is 236 g/mol. The van der Waals surface area contributed by atoms with Crippen molar-refractivity contribution < 1.29 is 9.90 Å². The lowest BCUT2D eigenvalue weighted by Crippen LogP contribution is -2.10. The van der Waals surface area contributed by atoms with E-state index in [-0.39, 0.29) is 5.92 Å². The summed E-state index contributed by atoms with van der Waals surface area (Å²) in [5, 5.41) is 9.59.